The standard InChI is InChI=1S/C14H21F2NS/c1-4-8-17-12(9-18-5-2)13-11(15)7-6-10(3)14(13)16/h6-7,12,17H,4-5,8-9H2,1-3H3. The van der Waals surface area contributed by atoms with Gasteiger partial charge in [0.05, 0.1) is 0 Å². The third kappa shape index (κ3) is 3.95. The van der Waals surface area contributed by atoms with E-state index < -0.39 is 11.6 Å². The van der Waals surface area contributed by atoms with E-state index in [9.17, 15) is 8.78 Å². The summed E-state index contributed by atoms with van der Waals surface area (Å²) >= 11 is 1.69. The monoisotopic (exact) mass is 273 g/mol. The van der Waals surface area contributed by atoms with Crippen LogP contribution in [0.1, 0.15) is 37.4 Å². The zero-order valence-electron chi connectivity index (χ0n) is 11.2. The summed E-state index contributed by atoms with van der Waals surface area (Å²) in [5.41, 5.74) is 0.681. The molecule has 0 spiro atoms. The molecule has 0 fully saturated rings. The fourth-order valence-electron chi connectivity index (χ4n) is 1.80. The van der Waals surface area contributed by atoms with Gasteiger partial charge in [-0.05, 0) is 37.3 Å². The second-order valence-corrected chi connectivity index (χ2v) is 5.58. The number of rotatable bonds is 7. The molecule has 1 nitrogen and oxygen atoms in total. The first-order chi connectivity index (χ1) is 8.61. The minimum Gasteiger partial charge on any atom is -0.309 e. The molecule has 0 saturated carbocycles. The van der Waals surface area contributed by atoms with Crippen molar-refractivity contribution in [1.29, 1.82) is 0 Å². The molecule has 0 aromatic heterocycles. The topological polar surface area (TPSA) is 12.0 Å². The first-order valence-corrected chi connectivity index (χ1v) is 7.52. The van der Waals surface area contributed by atoms with Crippen LogP contribution in [0.25, 0.3) is 0 Å². The largest absolute Gasteiger partial charge is 0.309 e. The number of hydrogen-bond acceptors (Lipinski definition) is 2. The molecule has 0 aliphatic rings. The average molecular weight is 273 g/mol. The molecule has 18 heavy (non-hydrogen) atoms. The Morgan fingerprint density at radius 2 is 2.00 bits per heavy atom. The highest BCUT2D eigenvalue weighted by Gasteiger charge is 2.20. The fraction of sp³-hybridized carbons (Fsp3) is 0.571. The highest BCUT2D eigenvalue weighted by molar-refractivity contribution is 7.99. The van der Waals surface area contributed by atoms with Gasteiger partial charge >= 0.3 is 0 Å². The second kappa shape index (κ2) is 7.74. The Morgan fingerprint density at radius 3 is 2.61 bits per heavy atom. The van der Waals surface area contributed by atoms with E-state index in [0.717, 1.165) is 18.7 Å². The molecule has 4 heteroatoms. The second-order valence-electron chi connectivity index (χ2n) is 4.26. The number of aryl methyl sites for hydroxylation is 1. The quantitative estimate of drug-likeness (QED) is 0.804. The van der Waals surface area contributed by atoms with Crippen LogP contribution in [0.15, 0.2) is 12.1 Å². The van der Waals surface area contributed by atoms with Crippen LogP contribution < -0.4 is 5.32 Å². The molecule has 1 atom stereocenters. The van der Waals surface area contributed by atoms with Gasteiger partial charge < -0.3 is 5.32 Å². The zero-order valence-corrected chi connectivity index (χ0v) is 12.0. The number of nitrogens with one attached hydrogen (secondary N) is 1. The lowest BCUT2D eigenvalue weighted by Crippen LogP contribution is -2.26. The summed E-state index contributed by atoms with van der Waals surface area (Å²) in [7, 11) is 0. The van der Waals surface area contributed by atoms with E-state index in [1.54, 1.807) is 18.7 Å². The van der Waals surface area contributed by atoms with Crippen molar-refractivity contribution in [2.75, 3.05) is 18.1 Å². The molecule has 0 aliphatic heterocycles. The van der Waals surface area contributed by atoms with Gasteiger partial charge in [0.2, 0.25) is 0 Å². The summed E-state index contributed by atoms with van der Waals surface area (Å²) in [6.07, 6.45) is 0.947. The Labute approximate surface area is 112 Å². The van der Waals surface area contributed by atoms with E-state index in [1.807, 2.05) is 13.8 Å². The molecule has 1 unspecified atom stereocenters. The minimum absolute atomic E-state index is 0.185. The predicted molar refractivity (Wildman–Crippen MR) is 75.1 cm³/mol. The van der Waals surface area contributed by atoms with Crippen LogP contribution in [0, 0.1) is 18.6 Å². The first kappa shape index (κ1) is 15.4. The van der Waals surface area contributed by atoms with Crippen molar-refractivity contribution in [3.8, 4) is 0 Å². The van der Waals surface area contributed by atoms with Gasteiger partial charge in [-0.1, -0.05) is 19.9 Å². The Kier molecular flexibility index (Phi) is 6.65. The molecule has 1 aromatic carbocycles. The fourth-order valence-corrected chi connectivity index (χ4v) is 2.55. The van der Waals surface area contributed by atoms with Gasteiger partial charge in [-0.15, -0.1) is 0 Å². The van der Waals surface area contributed by atoms with E-state index in [2.05, 4.69) is 5.32 Å². The molecule has 0 amide bonds. The normalized spacial score (nSPS) is 12.7. The van der Waals surface area contributed by atoms with Crippen LogP contribution in [0.5, 0.6) is 0 Å². The van der Waals surface area contributed by atoms with Crippen molar-refractivity contribution in [3.63, 3.8) is 0 Å². The summed E-state index contributed by atoms with van der Waals surface area (Å²) < 4.78 is 27.9. The van der Waals surface area contributed by atoms with Crippen LogP contribution >= 0.6 is 11.8 Å². The lowest BCUT2D eigenvalue weighted by atomic mass is 10.0. The molecular weight excluding hydrogens is 252 g/mol. The number of hydrogen-bond donors (Lipinski definition) is 1. The lowest BCUT2D eigenvalue weighted by Gasteiger charge is -2.20. The maximum absolute atomic E-state index is 14.1. The van der Waals surface area contributed by atoms with Gasteiger partial charge in [-0.2, -0.15) is 11.8 Å². The van der Waals surface area contributed by atoms with Crippen molar-refractivity contribution in [3.05, 3.63) is 34.9 Å². The molecule has 0 bridgehead atoms. The SMILES string of the molecule is CCCNC(CSCC)c1c(F)ccc(C)c1F. The van der Waals surface area contributed by atoms with Crippen molar-refractivity contribution in [2.24, 2.45) is 0 Å². The molecule has 1 rings (SSSR count). The molecule has 1 N–H and O–H groups in total. The van der Waals surface area contributed by atoms with Crippen molar-refractivity contribution >= 4 is 11.8 Å². The lowest BCUT2D eigenvalue weighted by molar-refractivity contribution is 0.488. The summed E-state index contributed by atoms with van der Waals surface area (Å²) in [6.45, 7) is 6.52. The number of thioether (sulfide) groups is 1. The minimum atomic E-state index is -0.455. The molecule has 102 valence electrons. The van der Waals surface area contributed by atoms with Crippen LogP contribution in [0.3, 0.4) is 0 Å². The van der Waals surface area contributed by atoms with E-state index in [-0.39, 0.29) is 11.6 Å². The van der Waals surface area contributed by atoms with Gasteiger partial charge in [0.25, 0.3) is 0 Å². The number of benzene rings is 1. The smallest absolute Gasteiger partial charge is 0.133 e. The van der Waals surface area contributed by atoms with Crippen molar-refractivity contribution in [1.82, 2.24) is 5.32 Å². The Balaban J connectivity index is 2.99. The Hall–Kier alpha value is -0.610. The van der Waals surface area contributed by atoms with Crippen LogP contribution in [0.2, 0.25) is 0 Å². The highest BCUT2D eigenvalue weighted by atomic mass is 32.2. The summed E-state index contributed by atoms with van der Waals surface area (Å²) in [6, 6.07) is 2.58. The van der Waals surface area contributed by atoms with Crippen LogP contribution in [0.4, 0.5) is 8.78 Å². The maximum Gasteiger partial charge on any atom is 0.133 e. The van der Waals surface area contributed by atoms with E-state index >= 15 is 0 Å². The molecule has 0 heterocycles. The van der Waals surface area contributed by atoms with Gasteiger partial charge in [-0.25, -0.2) is 8.78 Å². The predicted octanol–water partition coefficient (Wildman–Crippen LogP) is 4.07. The van der Waals surface area contributed by atoms with Crippen LogP contribution in [-0.4, -0.2) is 18.1 Å². The molecule has 0 radical (unpaired) electrons. The van der Waals surface area contributed by atoms with Gasteiger partial charge in [-0.3, -0.25) is 0 Å². The average Bonchev–Trinajstić information content (AvgIpc) is 2.36. The number of halogens is 2. The summed E-state index contributed by atoms with van der Waals surface area (Å²) in [5, 5.41) is 3.23. The molecule has 0 saturated heterocycles. The third-order valence-corrected chi connectivity index (χ3v) is 3.77. The van der Waals surface area contributed by atoms with E-state index in [0.29, 0.717) is 11.3 Å². The van der Waals surface area contributed by atoms with Crippen molar-refractivity contribution < 1.29 is 8.78 Å². The molecule has 0 aliphatic carbocycles. The van der Waals surface area contributed by atoms with E-state index in [4.69, 9.17) is 0 Å². The Bertz CT molecular complexity index is 374. The van der Waals surface area contributed by atoms with Crippen LogP contribution in [-0.2, 0) is 0 Å². The first-order valence-electron chi connectivity index (χ1n) is 6.37. The van der Waals surface area contributed by atoms with E-state index in [1.165, 1.54) is 12.1 Å². The van der Waals surface area contributed by atoms with Gasteiger partial charge in [0.15, 0.2) is 0 Å². The summed E-state index contributed by atoms with van der Waals surface area (Å²) in [4.78, 5) is 0. The maximum atomic E-state index is 14.1. The molecule has 1 aromatic rings. The zero-order chi connectivity index (χ0) is 13.5. The summed E-state index contributed by atoms with van der Waals surface area (Å²) in [5.74, 6) is 0.761. The molecular formula is C14H21F2NS. The third-order valence-electron chi connectivity index (χ3n) is 2.80. The highest BCUT2D eigenvalue weighted by Crippen LogP contribution is 2.26. The van der Waals surface area contributed by atoms with Gasteiger partial charge in [0.1, 0.15) is 11.6 Å². The van der Waals surface area contributed by atoms with Crippen molar-refractivity contribution in [2.45, 2.75) is 33.2 Å². The Morgan fingerprint density at radius 1 is 1.28 bits per heavy atom. The van der Waals surface area contributed by atoms with Gasteiger partial charge in [0, 0.05) is 17.4 Å².